The topological polar surface area (TPSA) is 128 Å². The highest BCUT2D eigenvalue weighted by atomic mass is 16.4. The number of amides is 2. The largest absolute Gasteiger partial charge is 0.472 e. The molecule has 0 saturated carbocycles. The van der Waals surface area contributed by atoms with Crippen LogP contribution in [0.1, 0.15) is 34.7 Å². The zero-order valence-corrected chi connectivity index (χ0v) is 21.9. The standard InChI is InChI=1S/C31H29N5O4/c1-35-25-13-7-5-11-22(25)30(40)36-26(18-23-21-10-4-6-12-24(21)34-28(23)31(35,36)32)29(39)33-20-9-3-2-8-19(14-16-20)15-17-27(37)38/h2-13,16,19,23,26,28,34H,14,18,32H2,1H3,(H,33,39)(H,37,38)/t19?,23?,26-,28?,31+/m0/s1. The Morgan fingerprint density at radius 1 is 1.15 bits per heavy atom. The SMILES string of the molecule is CN1c2ccccc2C(=O)N2[C@H](C(=O)NC3=CCC(C#CC(=O)O)C=CC=C3)CC3c4ccccc4NC3[C@@]12N. The second kappa shape index (κ2) is 9.74. The van der Waals surface area contributed by atoms with Crippen LogP contribution in [0.3, 0.4) is 0 Å². The summed E-state index contributed by atoms with van der Waals surface area (Å²) in [5, 5.41) is 15.5. The monoisotopic (exact) mass is 535 g/mol. The quantitative estimate of drug-likeness (QED) is 0.436. The number of carbonyl (C=O) groups excluding carboxylic acids is 2. The number of benzene rings is 2. The van der Waals surface area contributed by atoms with Gasteiger partial charge in [0.25, 0.3) is 5.91 Å². The number of nitrogens with zero attached hydrogens (tertiary/aromatic N) is 2. The fourth-order valence-corrected chi connectivity index (χ4v) is 6.32. The number of hydrogen-bond acceptors (Lipinski definition) is 6. The third-order valence-electron chi connectivity index (χ3n) is 8.21. The number of aliphatic carboxylic acids is 1. The van der Waals surface area contributed by atoms with Gasteiger partial charge in [-0.2, -0.15) is 0 Å². The molecule has 5 N–H and O–H groups in total. The summed E-state index contributed by atoms with van der Waals surface area (Å²) < 4.78 is 0. The van der Waals surface area contributed by atoms with Gasteiger partial charge in [0.1, 0.15) is 6.04 Å². The van der Waals surface area contributed by atoms with Gasteiger partial charge >= 0.3 is 5.97 Å². The third-order valence-corrected chi connectivity index (χ3v) is 8.21. The van der Waals surface area contributed by atoms with Gasteiger partial charge in [-0.25, -0.2) is 4.79 Å². The summed E-state index contributed by atoms with van der Waals surface area (Å²) in [7, 11) is 1.87. The Morgan fingerprint density at radius 3 is 2.75 bits per heavy atom. The zero-order valence-electron chi connectivity index (χ0n) is 21.9. The molecule has 3 unspecified atom stereocenters. The molecule has 1 saturated heterocycles. The van der Waals surface area contributed by atoms with Crippen molar-refractivity contribution in [2.75, 3.05) is 17.3 Å². The van der Waals surface area contributed by atoms with Crippen molar-refractivity contribution in [3.05, 3.63) is 95.7 Å². The molecule has 3 aliphatic heterocycles. The van der Waals surface area contributed by atoms with Crippen LogP contribution in [-0.2, 0) is 9.59 Å². The fraction of sp³-hybridized carbons (Fsp3) is 0.258. The third kappa shape index (κ3) is 4.05. The Labute approximate surface area is 232 Å². The maximum atomic E-state index is 14.1. The van der Waals surface area contributed by atoms with Crippen LogP contribution in [0.5, 0.6) is 0 Å². The second-order valence-electron chi connectivity index (χ2n) is 10.4. The van der Waals surface area contributed by atoms with E-state index in [0.717, 1.165) is 16.9 Å². The minimum atomic E-state index is -1.32. The Balaban J connectivity index is 1.37. The van der Waals surface area contributed by atoms with E-state index in [9.17, 15) is 14.4 Å². The lowest BCUT2D eigenvalue weighted by Gasteiger charge is -2.60. The lowest BCUT2D eigenvalue weighted by molar-refractivity contribution is -0.131. The van der Waals surface area contributed by atoms with Crippen LogP contribution in [0.2, 0.25) is 0 Å². The number of piperidine rings is 1. The van der Waals surface area contributed by atoms with Crippen LogP contribution >= 0.6 is 0 Å². The molecule has 40 heavy (non-hydrogen) atoms. The molecule has 9 nitrogen and oxygen atoms in total. The molecule has 1 aliphatic carbocycles. The molecular formula is C31H29N5O4. The summed E-state index contributed by atoms with van der Waals surface area (Å²) in [6.07, 6.45) is 9.74. The van der Waals surface area contributed by atoms with Crippen LogP contribution in [0.15, 0.2) is 84.6 Å². The Bertz CT molecular complexity index is 1570. The molecule has 0 aromatic heterocycles. The van der Waals surface area contributed by atoms with Gasteiger partial charge in [0.15, 0.2) is 5.79 Å². The van der Waals surface area contributed by atoms with Gasteiger partial charge in [-0.15, -0.1) is 0 Å². The number of para-hydroxylation sites is 2. The van der Waals surface area contributed by atoms with E-state index in [2.05, 4.69) is 22.5 Å². The average molecular weight is 536 g/mol. The van der Waals surface area contributed by atoms with Crippen molar-refractivity contribution < 1.29 is 19.5 Å². The van der Waals surface area contributed by atoms with E-state index < -0.39 is 17.8 Å². The Hall–Kier alpha value is -4.81. The average Bonchev–Trinajstić information content (AvgIpc) is 3.32. The van der Waals surface area contributed by atoms with Crippen LogP contribution in [0.25, 0.3) is 0 Å². The van der Waals surface area contributed by atoms with E-state index in [1.807, 2.05) is 60.5 Å². The van der Waals surface area contributed by atoms with E-state index in [-0.39, 0.29) is 29.7 Å². The van der Waals surface area contributed by atoms with Crippen LogP contribution in [0, 0.1) is 17.8 Å². The molecule has 0 spiro atoms. The number of fused-ring (bicyclic) bond motifs is 6. The number of hydrogen-bond donors (Lipinski definition) is 4. The number of carboxylic acid groups (broad SMARTS) is 1. The summed E-state index contributed by atoms with van der Waals surface area (Å²) in [4.78, 5) is 42.4. The number of anilines is 2. The predicted octanol–water partition coefficient (Wildman–Crippen LogP) is 2.76. The van der Waals surface area contributed by atoms with E-state index in [0.29, 0.717) is 24.1 Å². The van der Waals surface area contributed by atoms with Gasteiger partial charge in [-0.1, -0.05) is 60.6 Å². The Morgan fingerprint density at radius 2 is 1.93 bits per heavy atom. The predicted molar refractivity (Wildman–Crippen MR) is 151 cm³/mol. The molecule has 1 fully saturated rings. The first-order chi connectivity index (χ1) is 19.3. The maximum Gasteiger partial charge on any atom is 0.381 e. The van der Waals surface area contributed by atoms with Crippen LogP contribution in [-0.4, -0.2) is 52.7 Å². The maximum absolute atomic E-state index is 14.1. The molecule has 3 heterocycles. The van der Waals surface area contributed by atoms with Crippen LogP contribution < -0.4 is 21.3 Å². The minimum Gasteiger partial charge on any atom is -0.472 e. The number of allylic oxidation sites excluding steroid dienone is 5. The molecule has 202 valence electrons. The number of carbonyl (C=O) groups is 3. The lowest BCUT2D eigenvalue weighted by atomic mass is 9.77. The molecule has 4 aliphatic rings. The Kier molecular flexibility index (Phi) is 6.20. The van der Waals surface area contributed by atoms with Gasteiger partial charge in [-0.3, -0.25) is 20.2 Å². The number of likely N-dealkylation sites (N-methyl/N-ethyl adjacent to an activating group) is 1. The van der Waals surface area contributed by atoms with Crippen molar-refractivity contribution in [1.82, 2.24) is 10.2 Å². The minimum absolute atomic E-state index is 0.103. The highest BCUT2D eigenvalue weighted by Gasteiger charge is 2.62. The van der Waals surface area contributed by atoms with Gasteiger partial charge in [0.05, 0.1) is 17.3 Å². The van der Waals surface area contributed by atoms with E-state index in [4.69, 9.17) is 10.8 Å². The first kappa shape index (κ1) is 25.5. The highest BCUT2D eigenvalue weighted by molar-refractivity contribution is 6.05. The summed E-state index contributed by atoms with van der Waals surface area (Å²) >= 11 is 0. The van der Waals surface area contributed by atoms with Crippen molar-refractivity contribution in [2.24, 2.45) is 11.7 Å². The molecule has 2 aromatic carbocycles. The molecule has 9 heteroatoms. The smallest absolute Gasteiger partial charge is 0.381 e. The number of carboxylic acids is 1. The summed E-state index contributed by atoms with van der Waals surface area (Å²) in [5.74, 6) is 1.32. The van der Waals surface area contributed by atoms with Gasteiger partial charge < -0.3 is 20.6 Å². The second-order valence-corrected chi connectivity index (χ2v) is 10.4. The lowest BCUT2D eigenvalue weighted by Crippen LogP contribution is -2.82. The van der Waals surface area contributed by atoms with Gasteiger partial charge in [0.2, 0.25) is 5.91 Å². The van der Waals surface area contributed by atoms with Crippen molar-refractivity contribution in [3.8, 4) is 11.8 Å². The first-order valence-corrected chi connectivity index (χ1v) is 13.2. The van der Waals surface area contributed by atoms with Crippen LogP contribution in [0.4, 0.5) is 11.4 Å². The summed E-state index contributed by atoms with van der Waals surface area (Å²) in [5.41, 5.74) is 11.0. The summed E-state index contributed by atoms with van der Waals surface area (Å²) in [6, 6.07) is 14.1. The fourth-order valence-electron chi connectivity index (χ4n) is 6.32. The molecule has 0 bridgehead atoms. The van der Waals surface area contributed by atoms with Crippen molar-refractivity contribution in [3.63, 3.8) is 0 Å². The van der Waals surface area contributed by atoms with E-state index in [1.54, 1.807) is 35.3 Å². The molecule has 5 atom stereocenters. The van der Waals surface area contributed by atoms with E-state index >= 15 is 0 Å². The van der Waals surface area contributed by atoms with E-state index in [1.165, 1.54) is 0 Å². The first-order valence-electron chi connectivity index (χ1n) is 13.2. The molecule has 2 amide bonds. The zero-order chi connectivity index (χ0) is 28.0. The van der Waals surface area contributed by atoms with Gasteiger partial charge in [0, 0.05) is 36.2 Å². The highest BCUT2D eigenvalue weighted by Crippen LogP contribution is 2.51. The number of nitrogens with one attached hydrogen (secondary N) is 2. The number of nitrogens with two attached hydrogens (primary N) is 1. The molecular weight excluding hydrogens is 506 g/mol. The molecule has 6 rings (SSSR count). The summed E-state index contributed by atoms with van der Waals surface area (Å²) in [6.45, 7) is 0. The number of rotatable bonds is 2. The normalized spacial score (nSPS) is 27.9. The van der Waals surface area contributed by atoms with Gasteiger partial charge in [-0.05, 0) is 42.7 Å². The van der Waals surface area contributed by atoms with Crippen molar-refractivity contribution >= 4 is 29.2 Å². The van der Waals surface area contributed by atoms with Crippen molar-refractivity contribution in [2.45, 2.75) is 36.6 Å². The molecule has 0 radical (unpaired) electrons. The van der Waals surface area contributed by atoms with Crippen molar-refractivity contribution in [1.29, 1.82) is 0 Å². The molecule has 2 aromatic rings.